The molecule has 1 aromatic carbocycles. The highest BCUT2D eigenvalue weighted by Crippen LogP contribution is 2.61. The highest BCUT2D eigenvalue weighted by Gasteiger charge is 2.64. The molecule has 3 aliphatic rings. The van der Waals surface area contributed by atoms with Gasteiger partial charge in [-0.2, -0.15) is 0 Å². The molecule has 2 saturated carbocycles. The minimum atomic E-state index is -0.683. The fourth-order valence-corrected chi connectivity index (χ4v) is 6.39. The fraction of sp³-hybridized carbons (Fsp3) is 0.520. The minimum absolute atomic E-state index is 0.00527. The van der Waals surface area contributed by atoms with E-state index in [0.717, 1.165) is 17.4 Å². The van der Waals surface area contributed by atoms with Crippen molar-refractivity contribution < 1.29 is 14.5 Å². The third-order valence-electron chi connectivity index (χ3n) is 7.91. The lowest BCUT2D eigenvalue weighted by atomic mass is 9.88. The van der Waals surface area contributed by atoms with Crippen molar-refractivity contribution in [3.63, 3.8) is 0 Å². The van der Waals surface area contributed by atoms with Crippen LogP contribution >= 0.6 is 0 Å². The molecule has 0 spiro atoms. The van der Waals surface area contributed by atoms with Gasteiger partial charge in [-0.25, -0.2) is 9.78 Å². The number of ether oxygens (including phenoxy) is 1. The van der Waals surface area contributed by atoms with Gasteiger partial charge in [-0.3, -0.25) is 33.4 Å². The lowest BCUT2D eigenvalue weighted by molar-refractivity contribution is -0.385. The zero-order valence-corrected chi connectivity index (χ0v) is 20.1. The zero-order valence-electron chi connectivity index (χ0n) is 20.1. The number of hydrogen-bond acceptors (Lipinski definition) is 7. The van der Waals surface area contributed by atoms with Crippen molar-refractivity contribution in [1.29, 1.82) is 0 Å². The number of carbonyl (C=O) groups excluding carboxylic acids is 1. The van der Waals surface area contributed by atoms with Gasteiger partial charge in [0.25, 0.3) is 17.2 Å². The molecule has 2 aliphatic carbocycles. The van der Waals surface area contributed by atoms with E-state index in [0.29, 0.717) is 31.1 Å². The Morgan fingerprint density at radius 3 is 2.50 bits per heavy atom. The third kappa shape index (κ3) is 3.15. The summed E-state index contributed by atoms with van der Waals surface area (Å²) in [7, 11) is 0. The summed E-state index contributed by atoms with van der Waals surface area (Å²) in [5.41, 5.74) is -1.35. The molecular formula is C25H27N5O6. The predicted octanol–water partition coefficient (Wildman–Crippen LogP) is 2.67. The van der Waals surface area contributed by atoms with Crippen molar-refractivity contribution in [3.8, 4) is 0 Å². The molecule has 36 heavy (non-hydrogen) atoms. The van der Waals surface area contributed by atoms with Gasteiger partial charge in [0.05, 0.1) is 17.1 Å². The second-order valence-corrected chi connectivity index (χ2v) is 10.0. The molecule has 11 nitrogen and oxygen atoms in total. The third-order valence-corrected chi connectivity index (χ3v) is 7.91. The molecule has 3 aromatic rings. The predicted molar refractivity (Wildman–Crippen MR) is 129 cm³/mol. The number of nitrogens with zero attached hydrogens (tertiary/aromatic N) is 5. The first-order chi connectivity index (χ1) is 17.4. The van der Waals surface area contributed by atoms with Crippen LogP contribution in [0.25, 0.3) is 11.2 Å². The summed E-state index contributed by atoms with van der Waals surface area (Å²) >= 11 is 0. The number of epoxide rings is 1. The van der Waals surface area contributed by atoms with Crippen LogP contribution in [0.1, 0.15) is 61.6 Å². The van der Waals surface area contributed by atoms with E-state index in [4.69, 9.17) is 9.72 Å². The van der Waals surface area contributed by atoms with Crippen LogP contribution in [0, 0.1) is 22.0 Å². The molecule has 5 atom stereocenters. The Morgan fingerprint density at radius 1 is 1.11 bits per heavy atom. The van der Waals surface area contributed by atoms with Crippen molar-refractivity contribution in [2.45, 2.75) is 70.7 Å². The summed E-state index contributed by atoms with van der Waals surface area (Å²) in [6.07, 6.45) is 3.29. The number of fused-ring (bicyclic) bond motifs is 6. The topological polar surface area (TPSA) is 135 Å². The Labute approximate surface area is 205 Å². The number of para-hydroxylation sites is 1. The monoisotopic (exact) mass is 493 g/mol. The van der Waals surface area contributed by atoms with E-state index in [1.54, 1.807) is 6.07 Å². The van der Waals surface area contributed by atoms with Crippen molar-refractivity contribution in [1.82, 2.24) is 18.7 Å². The maximum Gasteiger partial charge on any atom is 0.332 e. The Morgan fingerprint density at radius 2 is 1.83 bits per heavy atom. The van der Waals surface area contributed by atoms with E-state index in [2.05, 4.69) is 0 Å². The van der Waals surface area contributed by atoms with E-state index in [-0.39, 0.29) is 53.0 Å². The minimum Gasteiger partial charge on any atom is -0.369 e. The molecule has 3 heterocycles. The van der Waals surface area contributed by atoms with Gasteiger partial charge in [0.1, 0.15) is 11.4 Å². The molecule has 1 saturated heterocycles. The molecule has 0 unspecified atom stereocenters. The van der Waals surface area contributed by atoms with Crippen LogP contribution in [0.2, 0.25) is 0 Å². The Bertz CT molecular complexity index is 1530. The van der Waals surface area contributed by atoms with Crippen LogP contribution in [0.4, 0.5) is 5.69 Å². The molecule has 188 valence electrons. The molecule has 1 aliphatic heterocycles. The molecular weight excluding hydrogens is 466 g/mol. The number of hydrogen-bond donors (Lipinski definition) is 0. The van der Waals surface area contributed by atoms with Gasteiger partial charge in [0, 0.05) is 25.1 Å². The highest BCUT2D eigenvalue weighted by molar-refractivity contribution is 6.04. The fourth-order valence-electron chi connectivity index (χ4n) is 6.39. The second-order valence-electron chi connectivity index (χ2n) is 10.0. The van der Waals surface area contributed by atoms with Crippen LogP contribution in [-0.4, -0.2) is 41.7 Å². The SMILES string of the molecule is CCCn1c(=O)c2c(nc([C@H]3C[C@H]4C[C@@H]3[C@H]3O[C@@H]43)n2C(=O)c2ccccc2[N+](=O)[O-])n(CCC)c1=O. The van der Waals surface area contributed by atoms with Crippen molar-refractivity contribution in [2.75, 3.05) is 0 Å². The molecule has 2 aromatic heterocycles. The smallest absolute Gasteiger partial charge is 0.332 e. The first-order valence-electron chi connectivity index (χ1n) is 12.6. The van der Waals surface area contributed by atoms with Gasteiger partial charge in [-0.15, -0.1) is 0 Å². The molecule has 0 radical (unpaired) electrons. The van der Waals surface area contributed by atoms with Crippen molar-refractivity contribution in [3.05, 3.63) is 66.6 Å². The quantitative estimate of drug-likeness (QED) is 0.280. The van der Waals surface area contributed by atoms with Gasteiger partial charge >= 0.3 is 5.69 Å². The van der Waals surface area contributed by atoms with Crippen molar-refractivity contribution >= 4 is 22.8 Å². The van der Waals surface area contributed by atoms with Crippen LogP contribution in [0.5, 0.6) is 0 Å². The number of aryl methyl sites for hydroxylation is 1. The Kier molecular flexibility index (Phi) is 5.22. The molecule has 11 heteroatoms. The average molecular weight is 494 g/mol. The largest absolute Gasteiger partial charge is 0.369 e. The highest BCUT2D eigenvalue weighted by atomic mass is 16.6. The Balaban J connectivity index is 1.66. The van der Waals surface area contributed by atoms with Crippen LogP contribution < -0.4 is 11.2 Å². The normalized spacial score (nSPS) is 25.9. The van der Waals surface area contributed by atoms with Gasteiger partial charge in [-0.1, -0.05) is 26.0 Å². The second kappa shape index (κ2) is 8.22. The summed E-state index contributed by atoms with van der Waals surface area (Å²) in [5.74, 6) is 0.109. The summed E-state index contributed by atoms with van der Waals surface area (Å²) < 4.78 is 9.70. The van der Waals surface area contributed by atoms with Crippen LogP contribution in [0.3, 0.4) is 0 Å². The number of aromatic nitrogens is 4. The van der Waals surface area contributed by atoms with Gasteiger partial charge < -0.3 is 4.74 Å². The Hall–Kier alpha value is -3.60. The molecule has 2 bridgehead atoms. The molecule has 6 rings (SSSR count). The number of carbonyl (C=O) groups is 1. The number of imidazole rings is 1. The van der Waals surface area contributed by atoms with Crippen molar-refractivity contribution in [2.24, 2.45) is 11.8 Å². The lowest BCUT2D eigenvalue weighted by Gasteiger charge is -2.19. The van der Waals surface area contributed by atoms with Crippen LogP contribution in [0.15, 0.2) is 33.9 Å². The maximum absolute atomic E-state index is 14.0. The van der Waals surface area contributed by atoms with E-state index in [9.17, 15) is 24.5 Å². The van der Waals surface area contributed by atoms with Crippen LogP contribution in [-0.2, 0) is 17.8 Å². The number of nitro groups is 1. The molecule has 3 fully saturated rings. The first-order valence-corrected chi connectivity index (χ1v) is 12.6. The van der Waals surface area contributed by atoms with Gasteiger partial charge in [-0.05, 0) is 43.6 Å². The summed E-state index contributed by atoms with van der Waals surface area (Å²) in [6.45, 7) is 4.32. The average Bonchev–Trinajstić information content (AvgIpc) is 3.26. The zero-order chi connectivity index (χ0) is 25.3. The van der Waals surface area contributed by atoms with Gasteiger partial charge in [0.15, 0.2) is 11.2 Å². The molecule has 0 N–H and O–H groups in total. The molecule has 0 amide bonds. The summed E-state index contributed by atoms with van der Waals surface area (Å²) in [6, 6.07) is 5.72. The lowest BCUT2D eigenvalue weighted by Crippen LogP contribution is -2.41. The maximum atomic E-state index is 14.0. The summed E-state index contributed by atoms with van der Waals surface area (Å²) in [5, 5.41) is 11.7. The number of benzene rings is 1. The number of rotatable bonds is 7. The van der Waals surface area contributed by atoms with E-state index in [1.165, 1.54) is 27.3 Å². The van der Waals surface area contributed by atoms with E-state index >= 15 is 0 Å². The van der Waals surface area contributed by atoms with E-state index < -0.39 is 22.1 Å². The first kappa shape index (κ1) is 22.8. The van der Waals surface area contributed by atoms with Gasteiger partial charge in [0.2, 0.25) is 0 Å². The standard InChI is InChI=1S/C25H27N5O6/c1-3-9-27-22-18(24(32)28(10-4-2)25(27)33)29(23(31)14-7-5-6-8-17(14)30(34)35)21(26-22)16-12-13-11-15(16)20-19(13)36-20/h5-8,13,15-16,19-20H,3-4,9-12H2,1-2H3/t13-,15+,16+,19+,20-/m1/s1. The number of nitro benzene ring substituents is 1. The summed E-state index contributed by atoms with van der Waals surface area (Å²) in [4.78, 5) is 57.0. The van der Waals surface area contributed by atoms with E-state index in [1.807, 2.05) is 13.8 Å².